The summed E-state index contributed by atoms with van der Waals surface area (Å²) in [4.78, 5) is 0. The number of aliphatic hydroxyl groups excluding tert-OH is 1. The van der Waals surface area contributed by atoms with Crippen LogP contribution >= 0.6 is 23.2 Å². The van der Waals surface area contributed by atoms with Gasteiger partial charge in [0, 0.05) is 5.02 Å². The highest BCUT2D eigenvalue weighted by molar-refractivity contribution is 6.35. The van der Waals surface area contributed by atoms with Gasteiger partial charge in [0.1, 0.15) is 12.4 Å². The first-order valence-corrected chi connectivity index (χ1v) is 4.60. The lowest BCUT2D eigenvalue weighted by Gasteiger charge is -2.09. The van der Waals surface area contributed by atoms with Gasteiger partial charge in [-0.05, 0) is 24.6 Å². The van der Waals surface area contributed by atoms with E-state index in [-0.39, 0.29) is 13.2 Å². The quantitative estimate of drug-likeness (QED) is 0.850. The Balaban J connectivity index is 2.92. The van der Waals surface area contributed by atoms with Crippen molar-refractivity contribution in [3.8, 4) is 5.75 Å². The molecule has 1 rings (SSSR count). The number of benzene rings is 1. The Hall–Kier alpha value is -0.440. The van der Waals surface area contributed by atoms with Crippen molar-refractivity contribution < 1.29 is 9.84 Å². The minimum Gasteiger partial charge on any atom is -0.489 e. The zero-order valence-corrected chi connectivity index (χ0v) is 8.69. The average molecular weight is 221 g/mol. The van der Waals surface area contributed by atoms with Crippen LogP contribution in [-0.2, 0) is 0 Å². The molecule has 1 aromatic rings. The molecule has 0 aliphatic carbocycles. The van der Waals surface area contributed by atoms with E-state index in [1.54, 1.807) is 12.1 Å². The van der Waals surface area contributed by atoms with E-state index in [0.717, 1.165) is 5.56 Å². The summed E-state index contributed by atoms with van der Waals surface area (Å²) < 4.78 is 5.23. The number of hydrogen-bond acceptors (Lipinski definition) is 2. The zero-order valence-electron chi connectivity index (χ0n) is 7.18. The second-order valence-electron chi connectivity index (χ2n) is 2.61. The van der Waals surface area contributed by atoms with Crippen LogP contribution in [0, 0.1) is 6.92 Å². The van der Waals surface area contributed by atoms with Crippen molar-refractivity contribution in [1.29, 1.82) is 0 Å². The number of rotatable bonds is 3. The summed E-state index contributed by atoms with van der Waals surface area (Å²) in [6.45, 7) is 2.06. The van der Waals surface area contributed by atoms with Crippen LogP contribution in [0.2, 0.25) is 10.0 Å². The molecule has 1 N–H and O–H groups in total. The van der Waals surface area contributed by atoms with E-state index in [1.165, 1.54) is 0 Å². The van der Waals surface area contributed by atoms with Crippen LogP contribution in [0.5, 0.6) is 5.75 Å². The van der Waals surface area contributed by atoms with E-state index in [2.05, 4.69) is 0 Å². The third kappa shape index (κ3) is 2.76. The Morgan fingerprint density at radius 2 is 2.08 bits per heavy atom. The van der Waals surface area contributed by atoms with Crippen molar-refractivity contribution in [2.24, 2.45) is 0 Å². The summed E-state index contributed by atoms with van der Waals surface area (Å²) in [7, 11) is 0. The second kappa shape index (κ2) is 4.70. The van der Waals surface area contributed by atoms with Crippen LogP contribution in [0.4, 0.5) is 0 Å². The van der Waals surface area contributed by atoms with Crippen molar-refractivity contribution >= 4 is 23.2 Å². The Morgan fingerprint density at radius 1 is 1.38 bits per heavy atom. The molecule has 1 aromatic carbocycles. The lowest BCUT2D eigenvalue weighted by Crippen LogP contribution is -2.03. The molecule has 0 bridgehead atoms. The summed E-state index contributed by atoms with van der Waals surface area (Å²) in [5, 5.41) is 9.62. The van der Waals surface area contributed by atoms with Crippen molar-refractivity contribution in [2.75, 3.05) is 13.2 Å². The Bertz CT molecular complexity index is 277. The van der Waals surface area contributed by atoms with E-state index in [9.17, 15) is 0 Å². The molecule has 0 aromatic heterocycles. The molecule has 0 spiro atoms. The lowest BCUT2D eigenvalue weighted by molar-refractivity contribution is 0.200. The molecule has 0 fully saturated rings. The molecule has 0 heterocycles. The molecule has 72 valence electrons. The topological polar surface area (TPSA) is 29.5 Å². The van der Waals surface area contributed by atoms with Gasteiger partial charge in [-0.3, -0.25) is 0 Å². The lowest BCUT2D eigenvalue weighted by atomic mass is 10.2. The summed E-state index contributed by atoms with van der Waals surface area (Å²) >= 11 is 11.6. The number of hydrogen-bond donors (Lipinski definition) is 1. The van der Waals surface area contributed by atoms with Gasteiger partial charge in [-0.15, -0.1) is 0 Å². The minimum absolute atomic E-state index is 0.0294. The SMILES string of the molecule is Cc1cc(Cl)cc(Cl)c1OCCO. The van der Waals surface area contributed by atoms with Crippen molar-refractivity contribution in [3.05, 3.63) is 27.7 Å². The predicted octanol–water partition coefficient (Wildman–Crippen LogP) is 2.67. The third-order valence-electron chi connectivity index (χ3n) is 1.53. The zero-order chi connectivity index (χ0) is 9.84. The fourth-order valence-electron chi connectivity index (χ4n) is 1.02. The average Bonchev–Trinajstić information content (AvgIpc) is 2.02. The van der Waals surface area contributed by atoms with Crippen molar-refractivity contribution in [2.45, 2.75) is 6.92 Å². The van der Waals surface area contributed by atoms with Crippen LogP contribution in [0.15, 0.2) is 12.1 Å². The molecule has 0 aliphatic heterocycles. The molecule has 0 atom stereocenters. The molecule has 4 heteroatoms. The Labute approximate surface area is 87.0 Å². The monoisotopic (exact) mass is 220 g/mol. The van der Waals surface area contributed by atoms with E-state index >= 15 is 0 Å². The van der Waals surface area contributed by atoms with Crippen LogP contribution in [-0.4, -0.2) is 18.3 Å². The number of aliphatic hydroxyl groups is 1. The van der Waals surface area contributed by atoms with Gasteiger partial charge in [-0.2, -0.15) is 0 Å². The van der Waals surface area contributed by atoms with Crippen LogP contribution in [0.1, 0.15) is 5.56 Å². The molecule has 2 nitrogen and oxygen atoms in total. The summed E-state index contributed by atoms with van der Waals surface area (Å²) in [6, 6.07) is 3.38. The molecular weight excluding hydrogens is 211 g/mol. The maximum Gasteiger partial charge on any atom is 0.141 e. The largest absolute Gasteiger partial charge is 0.489 e. The molecule has 13 heavy (non-hydrogen) atoms. The Kier molecular flexibility index (Phi) is 3.85. The second-order valence-corrected chi connectivity index (χ2v) is 3.45. The summed E-state index contributed by atoms with van der Waals surface area (Å²) in [6.07, 6.45) is 0. The number of halogens is 2. The highest BCUT2D eigenvalue weighted by atomic mass is 35.5. The third-order valence-corrected chi connectivity index (χ3v) is 2.03. The van der Waals surface area contributed by atoms with Crippen molar-refractivity contribution in [1.82, 2.24) is 0 Å². The molecule has 0 saturated carbocycles. The molecule has 0 amide bonds. The highest BCUT2D eigenvalue weighted by Gasteiger charge is 2.06. The van der Waals surface area contributed by atoms with Crippen LogP contribution in [0.25, 0.3) is 0 Å². The van der Waals surface area contributed by atoms with Crippen LogP contribution in [0.3, 0.4) is 0 Å². The molecule has 0 unspecified atom stereocenters. The molecule has 0 radical (unpaired) electrons. The normalized spacial score (nSPS) is 10.2. The number of aryl methyl sites for hydroxylation is 1. The van der Waals surface area contributed by atoms with E-state index in [0.29, 0.717) is 15.8 Å². The van der Waals surface area contributed by atoms with E-state index in [4.69, 9.17) is 33.0 Å². The van der Waals surface area contributed by atoms with Gasteiger partial charge < -0.3 is 9.84 Å². The molecule has 0 aliphatic rings. The van der Waals surface area contributed by atoms with E-state index < -0.39 is 0 Å². The number of ether oxygens (including phenoxy) is 1. The summed E-state index contributed by atoms with van der Waals surface area (Å²) in [5.74, 6) is 0.583. The first kappa shape index (κ1) is 10.6. The van der Waals surface area contributed by atoms with Gasteiger partial charge >= 0.3 is 0 Å². The summed E-state index contributed by atoms with van der Waals surface area (Å²) in [5.41, 5.74) is 0.867. The van der Waals surface area contributed by atoms with Gasteiger partial charge in [0.25, 0.3) is 0 Å². The fraction of sp³-hybridized carbons (Fsp3) is 0.333. The van der Waals surface area contributed by atoms with Gasteiger partial charge in [-0.1, -0.05) is 23.2 Å². The van der Waals surface area contributed by atoms with Gasteiger partial charge in [-0.25, -0.2) is 0 Å². The first-order chi connectivity index (χ1) is 6.15. The van der Waals surface area contributed by atoms with Crippen LogP contribution < -0.4 is 4.74 Å². The smallest absolute Gasteiger partial charge is 0.141 e. The van der Waals surface area contributed by atoms with Gasteiger partial charge in [0.2, 0.25) is 0 Å². The maximum atomic E-state index is 8.57. The Morgan fingerprint density at radius 3 is 2.62 bits per heavy atom. The fourth-order valence-corrected chi connectivity index (χ4v) is 1.67. The predicted molar refractivity (Wildman–Crippen MR) is 53.8 cm³/mol. The standard InChI is InChI=1S/C9H10Cl2O2/c1-6-4-7(10)5-8(11)9(6)13-3-2-12/h4-5,12H,2-3H2,1H3. The van der Waals surface area contributed by atoms with Gasteiger partial charge in [0.05, 0.1) is 11.6 Å². The van der Waals surface area contributed by atoms with Gasteiger partial charge in [0.15, 0.2) is 0 Å². The first-order valence-electron chi connectivity index (χ1n) is 3.84. The van der Waals surface area contributed by atoms with E-state index in [1.807, 2.05) is 6.92 Å². The maximum absolute atomic E-state index is 8.57. The molecular formula is C9H10Cl2O2. The highest BCUT2D eigenvalue weighted by Crippen LogP contribution is 2.31. The van der Waals surface area contributed by atoms with Crippen molar-refractivity contribution in [3.63, 3.8) is 0 Å². The molecule has 0 saturated heterocycles. The minimum atomic E-state index is -0.0294.